The van der Waals surface area contributed by atoms with Crippen LogP contribution in [0.15, 0.2) is 30.1 Å². The van der Waals surface area contributed by atoms with Crippen molar-refractivity contribution in [1.29, 1.82) is 5.26 Å². The number of anilines is 2. The molecule has 0 unspecified atom stereocenters. The third-order valence-electron chi connectivity index (χ3n) is 5.74. The van der Waals surface area contributed by atoms with Crippen LogP contribution in [-0.2, 0) is 16.1 Å². The zero-order valence-electron chi connectivity index (χ0n) is 21.2. The normalized spacial score (nSPS) is 14.4. The van der Waals surface area contributed by atoms with Crippen molar-refractivity contribution in [2.45, 2.75) is 19.6 Å². The Morgan fingerprint density at radius 3 is 2.84 bits per heavy atom. The summed E-state index contributed by atoms with van der Waals surface area (Å²) in [5, 5.41) is 12.0. The zero-order chi connectivity index (χ0) is 26.9. The van der Waals surface area contributed by atoms with Gasteiger partial charge < -0.3 is 14.4 Å². The fraction of sp³-hybridized carbons (Fsp3) is 0.400. The van der Waals surface area contributed by atoms with E-state index in [1.807, 2.05) is 28.9 Å². The molecule has 1 fully saturated rings. The smallest absolute Gasteiger partial charge is 0.328 e. The number of nitrogens with zero attached hydrogens (tertiary/aromatic N) is 6. The molecule has 0 saturated carbocycles. The number of nitrogens with one attached hydrogen (secondary N) is 1. The molecule has 2 aromatic heterocycles. The van der Waals surface area contributed by atoms with Crippen LogP contribution in [0.2, 0.25) is 0 Å². The first-order chi connectivity index (χ1) is 17.8. The number of pyridine rings is 2. The number of piperazine rings is 1. The maximum atomic E-state index is 12.9. The minimum absolute atomic E-state index is 0.167. The van der Waals surface area contributed by atoms with Crippen molar-refractivity contribution in [1.82, 2.24) is 19.8 Å². The van der Waals surface area contributed by atoms with Gasteiger partial charge in [-0.15, -0.1) is 0 Å². The van der Waals surface area contributed by atoms with Crippen LogP contribution >= 0.6 is 0 Å². The molecule has 37 heavy (non-hydrogen) atoms. The Morgan fingerprint density at radius 2 is 2.16 bits per heavy atom. The van der Waals surface area contributed by atoms with E-state index in [1.54, 1.807) is 26.2 Å². The average Bonchev–Trinajstić information content (AvgIpc) is 2.89. The SMILES string of the molecule is COC[C@H](C)Oc1cc(NC(=O)N(C)c2ccc(CN3CCN(C)CC3=C=O)c(C=O)n2)ncc1C#N. The van der Waals surface area contributed by atoms with E-state index in [4.69, 9.17) is 9.47 Å². The number of rotatable bonds is 9. The minimum Gasteiger partial charge on any atom is -0.487 e. The molecular formula is C25H29N7O5. The van der Waals surface area contributed by atoms with E-state index >= 15 is 0 Å². The molecule has 1 atom stereocenters. The van der Waals surface area contributed by atoms with Crippen LogP contribution in [0.4, 0.5) is 16.4 Å². The van der Waals surface area contributed by atoms with E-state index in [2.05, 4.69) is 15.3 Å². The number of ether oxygens (including phenoxy) is 2. The summed E-state index contributed by atoms with van der Waals surface area (Å²) in [5.41, 5.74) is 1.53. The van der Waals surface area contributed by atoms with Gasteiger partial charge in [0.1, 0.15) is 52.5 Å². The maximum Gasteiger partial charge on any atom is 0.328 e. The lowest BCUT2D eigenvalue weighted by Crippen LogP contribution is -2.42. The van der Waals surface area contributed by atoms with Gasteiger partial charge in [-0.1, -0.05) is 6.07 Å². The first-order valence-corrected chi connectivity index (χ1v) is 11.5. The third-order valence-corrected chi connectivity index (χ3v) is 5.74. The van der Waals surface area contributed by atoms with Gasteiger partial charge in [0.25, 0.3) is 0 Å². The number of amides is 2. The highest BCUT2D eigenvalue weighted by atomic mass is 16.5. The average molecular weight is 508 g/mol. The highest BCUT2D eigenvalue weighted by molar-refractivity contribution is 6.00. The van der Waals surface area contributed by atoms with Crippen LogP contribution < -0.4 is 15.0 Å². The quantitative estimate of drug-likeness (QED) is 0.394. The van der Waals surface area contributed by atoms with Gasteiger partial charge in [-0.25, -0.2) is 19.6 Å². The lowest BCUT2D eigenvalue weighted by Gasteiger charge is -2.34. The van der Waals surface area contributed by atoms with Crippen LogP contribution in [0.5, 0.6) is 5.75 Å². The molecule has 0 radical (unpaired) electrons. The van der Waals surface area contributed by atoms with Gasteiger partial charge in [-0.2, -0.15) is 5.26 Å². The Balaban J connectivity index is 1.74. The molecule has 1 saturated heterocycles. The molecule has 0 aliphatic carbocycles. The van der Waals surface area contributed by atoms with E-state index in [1.165, 1.54) is 24.2 Å². The Morgan fingerprint density at radius 1 is 1.38 bits per heavy atom. The predicted octanol–water partition coefficient (Wildman–Crippen LogP) is 1.71. The number of aromatic nitrogens is 2. The molecule has 0 bridgehead atoms. The fourth-order valence-corrected chi connectivity index (χ4v) is 3.72. The summed E-state index contributed by atoms with van der Waals surface area (Å²) in [4.78, 5) is 49.6. The maximum absolute atomic E-state index is 12.9. The molecule has 12 heteroatoms. The summed E-state index contributed by atoms with van der Waals surface area (Å²) in [5.74, 6) is 2.66. The first-order valence-electron chi connectivity index (χ1n) is 11.5. The van der Waals surface area contributed by atoms with E-state index in [-0.39, 0.29) is 34.7 Å². The van der Waals surface area contributed by atoms with E-state index in [9.17, 15) is 19.6 Å². The molecule has 194 valence electrons. The number of carbonyl (C=O) groups is 2. The Labute approximate surface area is 215 Å². The van der Waals surface area contributed by atoms with Crippen LogP contribution in [-0.4, -0.2) is 91.6 Å². The van der Waals surface area contributed by atoms with Crippen molar-refractivity contribution in [2.24, 2.45) is 0 Å². The van der Waals surface area contributed by atoms with Gasteiger partial charge in [0, 0.05) is 52.0 Å². The molecule has 12 nitrogen and oxygen atoms in total. The van der Waals surface area contributed by atoms with Crippen LogP contribution in [0.3, 0.4) is 0 Å². The number of urea groups is 1. The fourth-order valence-electron chi connectivity index (χ4n) is 3.72. The topological polar surface area (TPSA) is 141 Å². The Kier molecular flexibility index (Phi) is 9.29. The van der Waals surface area contributed by atoms with Crippen LogP contribution in [0.25, 0.3) is 0 Å². The minimum atomic E-state index is -0.560. The summed E-state index contributed by atoms with van der Waals surface area (Å²) >= 11 is 0. The summed E-state index contributed by atoms with van der Waals surface area (Å²) in [6.07, 6.45) is 1.61. The second kappa shape index (κ2) is 12.6. The molecule has 3 heterocycles. The molecule has 2 amide bonds. The molecule has 1 N–H and O–H groups in total. The van der Waals surface area contributed by atoms with Gasteiger partial charge in [0.05, 0.1) is 12.8 Å². The third kappa shape index (κ3) is 6.89. The van der Waals surface area contributed by atoms with E-state index < -0.39 is 6.03 Å². The standard InChI is InChI=1S/C25H29N7O5/c1-17(16-36-4)37-22-9-23(27-11-19(22)10-26)29-25(35)31(3)24-6-5-18(21(15-34)28-24)12-32-8-7-30(2)13-20(32)14-33/h5-6,9,11,15,17H,7-8,12-13,16H2,1-4H3,(H,27,29,35)/t17-/m0/s1. The highest BCUT2D eigenvalue weighted by Gasteiger charge is 2.22. The molecular weight excluding hydrogens is 478 g/mol. The monoisotopic (exact) mass is 507 g/mol. The number of aldehydes is 1. The summed E-state index contributed by atoms with van der Waals surface area (Å²) in [6, 6.07) is 6.23. The highest BCUT2D eigenvalue weighted by Crippen LogP contribution is 2.23. The lowest BCUT2D eigenvalue weighted by atomic mass is 10.1. The van der Waals surface area contributed by atoms with Gasteiger partial charge in [-0.05, 0) is 20.0 Å². The lowest BCUT2D eigenvalue weighted by molar-refractivity contribution is 0.0919. The number of hydrogen-bond acceptors (Lipinski definition) is 10. The number of hydrogen-bond donors (Lipinski definition) is 1. The number of nitriles is 1. The van der Waals surface area contributed by atoms with Crippen molar-refractivity contribution >= 4 is 29.9 Å². The van der Waals surface area contributed by atoms with Crippen molar-refractivity contribution < 1.29 is 23.9 Å². The summed E-state index contributed by atoms with van der Waals surface area (Å²) in [7, 11) is 4.97. The van der Waals surface area contributed by atoms with Gasteiger partial charge in [0.15, 0.2) is 6.29 Å². The van der Waals surface area contributed by atoms with Gasteiger partial charge in [0.2, 0.25) is 0 Å². The molecule has 1 aliphatic rings. The first kappa shape index (κ1) is 27.3. The second-order valence-corrected chi connectivity index (χ2v) is 8.59. The van der Waals surface area contributed by atoms with Crippen molar-refractivity contribution in [2.75, 3.05) is 57.7 Å². The molecule has 1 aliphatic heterocycles. The predicted molar refractivity (Wildman–Crippen MR) is 135 cm³/mol. The number of methoxy groups -OCH3 is 1. The Bertz CT molecular complexity index is 1240. The summed E-state index contributed by atoms with van der Waals surface area (Å²) < 4.78 is 10.8. The second-order valence-electron chi connectivity index (χ2n) is 8.59. The summed E-state index contributed by atoms with van der Waals surface area (Å²) in [6.45, 7) is 4.32. The zero-order valence-corrected chi connectivity index (χ0v) is 21.2. The van der Waals surface area contributed by atoms with Crippen molar-refractivity contribution in [3.8, 4) is 11.8 Å². The van der Waals surface area contributed by atoms with Crippen molar-refractivity contribution in [3.05, 3.63) is 46.9 Å². The molecule has 3 rings (SSSR count). The molecule has 0 aromatic carbocycles. The number of carbonyl (C=O) groups excluding carboxylic acids is 3. The van der Waals surface area contributed by atoms with E-state index in [0.717, 1.165) is 6.54 Å². The van der Waals surface area contributed by atoms with Crippen LogP contribution in [0.1, 0.15) is 28.5 Å². The van der Waals surface area contributed by atoms with Crippen molar-refractivity contribution in [3.63, 3.8) is 0 Å². The molecule has 2 aromatic rings. The van der Waals surface area contributed by atoms with Crippen LogP contribution in [0, 0.1) is 11.3 Å². The Hall–Kier alpha value is -4.30. The van der Waals surface area contributed by atoms with E-state index in [0.29, 0.717) is 43.8 Å². The van der Waals surface area contributed by atoms with Gasteiger partial charge >= 0.3 is 6.03 Å². The number of likely N-dealkylation sites (N-methyl/N-ethyl adjacent to an activating group) is 1. The molecule has 0 spiro atoms. The van der Waals surface area contributed by atoms with Gasteiger partial charge in [-0.3, -0.25) is 19.9 Å². The largest absolute Gasteiger partial charge is 0.487 e.